The topological polar surface area (TPSA) is 43.2 Å². The Labute approximate surface area is 149 Å². The van der Waals surface area contributed by atoms with Crippen LogP contribution in [0.25, 0.3) is 11.3 Å². The van der Waals surface area contributed by atoms with Crippen molar-refractivity contribution in [2.24, 2.45) is 5.92 Å². The summed E-state index contributed by atoms with van der Waals surface area (Å²) < 4.78 is 7.70. The van der Waals surface area contributed by atoms with E-state index < -0.39 is 0 Å². The summed E-state index contributed by atoms with van der Waals surface area (Å²) in [4.78, 5) is 2.29. The Morgan fingerprint density at radius 2 is 2.20 bits per heavy atom. The second kappa shape index (κ2) is 6.99. The molecule has 1 saturated carbocycles. The summed E-state index contributed by atoms with van der Waals surface area (Å²) in [5.74, 6) is 7.22. The number of morpholine rings is 1. The minimum absolute atomic E-state index is 0.175. The number of ether oxygens (including phenoxy) is 1. The zero-order valence-corrected chi connectivity index (χ0v) is 14.9. The van der Waals surface area contributed by atoms with Gasteiger partial charge in [-0.15, -0.1) is 5.10 Å². The fourth-order valence-corrected chi connectivity index (χ4v) is 3.14. The zero-order chi connectivity index (χ0) is 17.2. The van der Waals surface area contributed by atoms with E-state index in [1.54, 1.807) is 0 Å². The SMILES string of the molecule is Cc1cc(C#CC2CC2)ccc1-c1cn(CC2CN(C)CCO2)nn1. The van der Waals surface area contributed by atoms with Crippen LogP contribution in [0, 0.1) is 24.7 Å². The average molecular weight is 336 g/mol. The van der Waals surface area contributed by atoms with E-state index in [1.165, 1.54) is 18.4 Å². The van der Waals surface area contributed by atoms with E-state index in [-0.39, 0.29) is 6.10 Å². The first-order chi connectivity index (χ1) is 12.2. The van der Waals surface area contributed by atoms with Crippen molar-refractivity contribution in [2.45, 2.75) is 32.4 Å². The number of aryl methyl sites for hydroxylation is 1. The Kier molecular flexibility index (Phi) is 4.56. The maximum absolute atomic E-state index is 5.81. The highest BCUT2D eigenvalue weighted by atomic mass is 16.5. The lowest BCUT2D eigenvalue weighted by atomic mass is 10.0. The maximum atomic E-state index is 5.81. The molecule has 1 unspecified atom stereocenters. The lowest BCUT2D eigenvalue weighted by molar-refractivity contribution is -0.0292. The van der Waals surface area contributed by atoms with Crippen LogP contribution in [0.2, 0.25) is 0 Å². The first kappa shape index (κ1) is 16.3. The quantitative estimate of drug-likeness (QED) is 0.807. The first-order valence-electron chi connectivity index (χ1n) is 9.00. The molecule has 0 radical (unpaired) electrons. The number of rotatable bonds is 3. The molecular weight excluding hydrogens is 312 g/mol. The number of nitrogens with zero attached hydrogens (tertiary/aromatic N) is 4. The largest absolute Gasteiger partial charge is 0.374 e. The van der Waals surface area contributed by atoms with Gasteiger partial charge in [-0.2, -0.15) is 0 Å². The highest BCUT2D eigenvalue weighted by Crippen LogP contribution is 2.28. The third kappa shape index (κ3) is 4.09. The molecule has 2 aliphatic rings. The van der Waals surface area contributed by atoms with Crippen LogP contribution in [0.3, 0.4) is 0 Å². The molecule has 1 aromatic carbocycles. The molecule has 1 atom stereocenters. The van der Waals surface area contributed by atoms with E-state index >= 15 is 0 Å². The van der Waals surface area contributed by atoms with Crippen molar-refractivity contribution in [1.82, 2.24) is 19.9 Å². The Balaban J connectivity index is 1.47. The highest BCUT2D eigenvalue weighted by Gasteiger charge is 2.19. The molecule has 2 fully saturated rings. The van der Waals surface area contributed by atoms with Gasteiger partial charge in [0.2, 0.25) is 0 Å². The Hall–Kier alpha value is -2.16. The summed E-state index contributed by atoms with van der Waals surface area (Å²) in [6, 6.07) is 6.32. The van der Waals surface area contributed by atoms with Crippen molar-refractivity contribution in [2.75, 3.05) is 26.7 Å². The number of hydrogen-bond donors (Lipinski definition) is 0. The van der Waals surface area contributed by atoms with Gasteiger partial charge in [0.1, 0.15) is 5.69 Å². The summed E-state index contributed by atoms with van der Waals surface area (Å²) >= 11 is 0. The molecule has 0 amide bonds. The van der Waals surface area contributed by atoms with Crippen molar-refractivity contribution < 1.29 is 4.74 Å². The molecule has 0 N–H and O–H groups in total. The predicted molar refractivity (Wildman–Crippen MR) is 97.0 cm³/mol. The lowest BCUT2D eigenvalue weighted by Crippen LogP contribution is -2.42. The van der Waals surface area contributed by atoms with Gasteiger partial charge in [-0.05, 0) is 44.5 Å². The lowest BCUT2D eigenvalue weighted by Gasteiger charge is -2.29. The van der Waals surface area contributed by atoms with Crippen molar-refractivity contribution in [3.8, 4) is 23.1 Å². The van der Waals surface area contributed by atoms with Crippen LogP contribution in [0.5, 0.6) is 0 Å². The molecule has 0 spiro atoms. The molecule has 2 heterocycles. The van der Waals surface area contributed by atoms with Crippen LogP contribution in [0.1, 0.15) is 24.0 Å². The van der Waals surface area contributed by atoms with Gasteiger partial charge in [-0.3, -0.25) is 0 Å². The van der Waals surface area contributed by atoms with Crippen molar-refractivity contribution in [1.29, 1.82) is 0 Å². The van der Waals surface area contributed by atoms with Gasteiger partial charge in [0.05, 0.1) is 25.5 Å². The van der Waals surface area contributed by atoms with E-state index in [4.69, 9.17) is 4.74 Å². The Morgan fingerprint density at radius 1 is 1.32 bits per heavy atom. The van der Waals surface area contributed by atoms with Crippen LogP contribution < -0.4 is 0 Å². The summed E-state index contributed by atoms with van der Waals surface area (Å²) in [6.45, 7) is 5.55. The van der Waals surface area contributed by atoms with Crippen molar-refractivity contribution in [3.63, 3.8) is 0 Å². The smallest absolute Gasteiger partial charge is 0.113 e. The monoisotopic (exact) mass is 336 g/mol. The molecule has 25 heavy (non-hydrogen) atoms. The molecule has 5 heteroatoms. The summed E-state index contributed by atoms with van der Waals surface area (Å²) in [6.07, 6.45) is 4.70. The van der Waals surface area contributed by atoms with Crippen LogP contribution in [-0.4, -0.2) is 52.7 Å². The minimum Gasteiger partial charge on any atom is -0.374 e. The van der Waals surface area contributed by atoms with Gasteiger partial charge >= 0.3 is 0 Å². The number of likely N-dealkylation sites (N-methyl/N-ethyl adjacent to an activating group) is 1. The molecular formula is C20H24N4O. The average Bonchev–Trinajstić information content (AvgIpc) is 3.31. The van der Waals surface area contributed by atoms with Gasteiger partial charge in [-0.1, -0.05) is 23.1 Å². The van der Waals surface area contributed by atoms with Gasteiger partial charge in [0, 0.05) is 30.1 Å². The molecule has 1 aliphatic carbocycles. The molecule has 130 valence electrons. The normalized spacial score (nSPS) is 21.0. The molecule has 0 bridgehead atoms. The zero-order valence-electron chi connectivity index (χ0n) is 14.9. The fraction of sp³-hybridized carbons (Fsp3) is 0.500. The summed E-state index contributed by atoms with van der Waals surface area (Å²) in [5.41, 5.74) is 4.29. The van der Waals surface area contributed by atoms with E-state index in [1.807, 2.05) is 10.9 Å². The molecule has 4 rings (SSSR count). The Bertz CT molecular complexity index is 813. The van der Waals surface area contributed by atoms with Gasteiger partial charge < -0.3 is 9.64 Å². The molecule has 5 nitrogen and oxygen atoms in total. The van der Waals surface area contributed by atoms with Crippen LogP contribution >= 0.6 is 0 Å². The van der Waals surface area contributed by atoms with E-state index in [0.717, 1.165) is 43.1 Å². The molecule has 1 aliphatic heterocycles. The fourth-order valence-electron chi connectivity index (χ4n) is 3.14. The van der Waals surface area contributed by atoms with Crippen molar-refractivity contribution in [3.05, 3.63) is 35.5 Å². The van der Waals surface area contributed by atoms with Crippen LogP contribution in [-0.2, 0) is 11.3 Å². The minimum atomic E-state index is 0.175. The number of aromatic nitrogens is 3. The van der Waals surface area contributed by atoms with E-state index in [9.17, 15) is 0 Å². The standard InChI is InChI=1S/C20H24N4O/c1-15-11-17(6-5-16-3-4-16)7-8-19(15)20-14-24(22-21-20)13-18-12-23(2)9-10-25-18/h7-8,11,14,16,18H,3-4,9-10,12-13H2,1-2H3. The van der Waals surface area contributed by atoms with E-state index in [2.05, 4.69) is 59.2 Å². The highest BCUT2D eigenvalue weighted by molar-refractivity contribution is 5.64. The third-order valence-electron chi connectivity index (χ3n) is 4.77. The number of benzene rings is 1. The van der Waals surface area contributed by atoms with Crippen molar-refractivity contribution >= 4 is 0 Å². The summed E-state index contributed by atoms with van der Waals surface area (Å²) in [5, 5.41) is 8.64. The Morgan fingerprint density at radius 3 is 2.96 bits per heavy atom. The second-order valence-corrected chi connectivity index (χ2v) is 7.15. The summed E-state index contributed by atoms with van der Waals surface area (Å²) in [7, 11) is 2.12. The second-order valence-electron chi connectivity index (χ2n) is 7.15. The van der Waals surface area contributed by atoms with Gasteiger partial charge in [-0.25, -0.2) is 4.68 Å². The van der Waals surface area contributed by atoms with E-state index in [0.29, 0.717) is 5.92 Å². The van der Waals surface area contributed by atoms with Gasteiger partial charge in [0.25, 0.3) is 0 Å². The molecule has 2 aromatic rings. The molecule has 1 saturated heterocycles. The maximum Gasteiger partial charge on any atom is 0.113 e. The van der Waals surface area contributed by atoms with Crippen LogP contribution in [0.15, 0.2) is 24.4 Å². The van der Waals surface area contributed by atoms with Crippen LogP contribution in [0.4, 0.5) is 0 Å². The van der Waals surface area contributed by atoms with Gasteiger partial charge in [0.15, 0.2) is 0 Å². The number of hydrogen-bond acceptors (Lipinski definition) is 4. The third-order valence-corrected chi connectivity index (χ3v) is 4.77. The first-order valence-corrected chi connectivity index (χ1v) is 9.00. The predicted octanol–water partition coefficient (Wildman–Crippen LogP) is 2.35. The molecule has 1 aromatic heterocycles.